The van der Waals surface area contributed by atoms with E-state index in [0.29, 0.717) is 5.82 Å². The van der Waals surface area contributed by atoms with E-state index in [4.69, 9.17) is 0 Å². The summed E-state index contributed by atoms with van der Waals surface area (Å²) in [5.74, 6) is 0.446. The number of rotatable bonds is 3. The number of hydrogen-bond donors (Lipinski definition) is 0. The van der Waals surface area contributed by atoms with E-state index in [1.807, 2.05) is 35.8 Å². The molecule has 0 radical (unpaired) electrons. The summed E-state index contributed by atoms with van der Waals surface area (Å²) in [5.41, 5.74) is 2.52. The number of nitrogens with zero attached hydrogens (tertiary/aromatic N) is 2. The Morgan fingerprint density at radius 3 is 2.48 bits per heavy atom. The SMILES string of the molecule is CC(=O)C(C)n1c(-c2ccc(F)cc2)nc2ccccc21. The average molecular weight is 282 g/mol. The maximum absolute atomic E-state index is 13.1. The van der Waals surface area contributed by atoms with Crippen LogP contribution in [-0.2, 0) is 4.79 Å². The van der Waals surface area contributed by atoms with Gasteiger partial charge in [0.15, 0.2) is 5.78 Å². The maximum atomic E-state index is 13.1. The Hall–Kier alpha value is -2.49. The van der Waals surface area contributed by atoms with Gasteiger partial charge in [0.25, 0.3) is 0 Å². The highest BCUT2D eigenvalue weighted by Crippen LogP contribution is 2.28. The molecule has 0 fully saturated rings. The van der Waals surface area contributed by atoms with Gasteiger partial charge in [-0.1, -0.05) is 12.1 Å². The number of fused-ring (bicyclic) bond motifs is 1. The second-order valence-electron chi connectivity index (χ2n) is 5.09. The molecule has 1 aromatic heterocycles. The van der Waals surface area contributed by atoms with Gasteiger partial charge < -0.3 is 4.57 Å². The number of benzene rings is 2. The second-order valence-corrected chi connectivity index (χ2v) is 5.09. The molecule has 0 aliphatic heterocycles. The van der Waals surface area contributed by atoms with Gasteiger partial charge in [-0.25, -0.2) is 9.37 Å². The second kappa shape index (κ2) is 5.13. The monoisotopic (exact) mass is 282 g/mol. The van der Waals surface area contributed by atoms with Crippen LogP contribution in [0, 0.1) is 5.82 Å². The minimum Gasteiger partial charge on any atom is -0.314 e. The molecule has 1 heterocycles. The number of Topliss-reactive ketones (excluding diaryl/α,β-unsaturated/α-hetero) is 1. The van der Waals surface area contributed by atoms with Crippen LogP contribution in [0.25, 0.3) is 22.4 Å². The van der Waals surface area contributed by atoms with Crippen LogP contribution in [0.2, 0.25) is 0 Å². The fourth-order valence-electron chi connectivity index (χ4n) is 2.42. The Balaban J connectivity index is 2.28. The van der Waals surface area contributed by atoms with Crippen molar-refractivity contribution in [2.75, 3.05) is 0 Å². The van der Waals surface area contributed by atoms with Crippen molar-refractivity contribution in [1.29, 1.82) is 0 Å². The molecule has 3 rings (SSSR count). The number of imidazole rings is 1. The van der Waals surface area contributed by atoms with Gasteiger partial charge in [-0.2, -0.15) is 0 Å². The number of carbonyl (C=O) groups is 1. The highest BCUT2D eigenvalue weighted by molar-refractivity contribution is 5.86. The van der Waals surface area contributed by atoms with Gasteiger partial charge in [-0.15, -0.1) is 0 Å². The number of carbonyl (C=O) groups excluding carboxylic acids is 1. The van der Waals surface area contributed by atoms with Crippen LogP contribution >= 0.6 is 0 Å². The van der Waals surface area contributed by atoms with Gasteiger partial charge >= 0.3 is 0 Å². The minimum absolute atomic E-state index is 0.0570. The van der Waals surface area contributed by atoms with Crippen molar-refractivity contribution in [2.24, 2.45) is 0 Å². The Morgan fingerprint density at radius 1 is 1.14 bits per heavy atom. The third kappa shape index (κ3) is 2.33. The highest BCUT2D eigenvalue weighted by Gasteiger charge is 2.19. The van der Waals surface area contributed by atoms with E-state index >= 15 is 0 Å². The molecule has 0 amide bonds. The van der Waals surface area contributed by atoms with Gasteiger partial charge in [0, 0.05) is 5.56 Å². The van der Waals surface area contributed by atoms with E-state index in [-0.39, 0.29) is 17.6 Å². The number of halogens is 1. The van der Waals surface area contributed by atoms with E-state index in [1.165, 1.54) is 12.1 Å². The van der Waals surface area contributed by atoms with Crippen molar-refractivity contribution in [1.82, 2.24) is 9.55 Å². The average Bonchev–Trinajstić information content (AvgIpc) is 2.86. The van der Waals surface area contributed by atoms with Crippen molar-refractivity contribution in [2.45, 2.75) is 19.9 Å². The van der Waals surface area contributed by atoms with Gasteiger partial charge in [0.1, 0.15) is 11.6 Å². The quantitative estimate of drug-likeness (QED) is 0.728. The van der Waals surface area contributed by atoms with E-state index < -0.39 is 0 Å². The van der Waals surface area contributed by atoms with E-state index in [2.05, 4.69) is 4.98 Å². The Bertz CT molecular complexity index is 805. The molecule has 0 aliphatic carbocycles. The van der Waals surface area contributed by atoms with Crippen molar-refractivity contribution >= 4 is 16.8 Å². The molecule has 1 atom stereocenters. The molecule has 0 aliphatic rings. The van der Waals surface area contributed by atoms with Crippen LogP contribution in [0.15, 0.2) is 48.5 Å². The largest absolute Gasteiger partial charge is 0.314 e. The first-order valence-electron chi connectivity index (χ1n) is 6.81. The first kappa shape index (κ1) is 13.5. The van der Waals surface area contributed by atoms with Crippen LogP contribution in [0.1, 0.15) is 19.9 Å². The van der Waals surface area contributed by atoms with Crippen LogP contribution < -0.4 is 0 Å². The summed E-state index contributed by atoms with van der Waals surface area (Å²) in [6, 6.07) is 13.5. The van der Waals surface area contributed by atoms with Crippen molar-refractivity contribution in [3.63, 3.8) is 0 Å². The van der Waals surface area contributed by atoms with Crippen molar-refractivity contribution in [3.05, 3.63) is 54.3 Å². The van der Waals surface area contributed by atoms with Crippen molar-refractivity contribution in [3.8, 4) is 11.4 Å². The first-order chi connectivity index (χ1) is 10.1. The van der Waals surface area contributed by atoms with Crippen LogP contribution in [0.5, 0.6) is 0 Å². The standard InChI is InChI=1S/C17H15FN2O/c1-11(12(2)21)20-16-6-4-3-5-15(16)19-17(20)13-7-9-14(18)10-8-13/h3-11H,1-2H3. The number of hydrogen-bond acceptors (Lipinski definition) is 2. The zero-order valence-electron chi connectivity index (χ0n) is 11.9. The number of ketones is 1. The lowest BCUT2D eigenvalue weighted by Gasteiger charge is -2.15. The summed E-state index contributed by atoms with van der Waals surface area (Å²) < 4.78 is 15.0. The summed E-state index contributed by atoms with van der Waals surface area (Å²) in [6.45, 7) is 3.41. The Morgan fingerprint density at radius 2 is 1.81 bits per heavy atom. The Labute approximate surface area is 122 Å². The normalized spacial score (nSPS) is 12.5. The predicted octanol–water partition coefficient (Wildman–Crippen LogP) is 3.99. The zero-order chi connectivity index (χ0) is 15.0. The molecule has 4 heteroatoms. The van der Waals surface area contributed by atoms with Crippen molar-refractivity contribution < 1.29 is 9.18 Å². The highest BCUT2D eigenvalue weighted by atomic mass is 19.1. The molecule has 0 bridgehead atoms. The van der Waals surface area contributed by atoms with E-state index in [9.17, 15) is 9.18 Å². The number of para-hydroxylation sites is 2. The van der Waals surface area contributed by atoms with Gasteiger partial charge in [-0.3, -0.25) is 4.79 Å². The molecule has 0 saturated heterocycles. The smallest absolute Gasteiger partial charge is 0.152 e. The lowest BCUT2D eigenvalue weighted by atomic mass is 10.1. The Kier molecular flexibility index (Phi) is 3.29. The third-order valence-electron chi connectivity index (χ3n) is 3.67. The molecular formula is C17H15FN2O. The molecule has 0 spiro atoms. The molecule has 106 valence electrons. The van der Waals surface area contributed by atoms with Crippen LogP contribution in [0.4, 0.5) is 4.39 Å². The molecule has 3 aromatic rings. The van der Waals surface area contributed by atoms with Gasteiger partial charge in [-0.05, 0) is 50.2 Å². The molecule has 1 unspecified atom stereocenters. The third-order valence-corrected chi connectivity index (χ3v) is 3.67. The zero-order valence-corrected chi connectivity index (χ0v) is 11.9. The fourth-order valence-corrected chi connectivity index (χ4v) is 2.42. The number of aromatic nitrogens is 2. The van der Waals surface area contributed by atoms with Crippen LogP contribution in [-0.4, -0.2) is 15.3 Å². The summed E-state index contributed by atoms with van der Waals surface area (Å²) in [6.07, 6.45) is 0. The fraction of sp³-hybridized carbons (Fsp3) is 0.176. The lowest BCUT2D eigenvalue weighted by molar-refractivity contribution is -0.119. The predicted molar refractivity (Wildman–Crippen MR) is 80.5 cm³/mol. The van der Waals surface area contributed by atoms with Gasteiger partial charge in [0.2, 0.25) is 0 Å². The minimum atomic E-state index is -0.322. The lowest BCUT2D eigenvalue weighted by Crippen LogP contribution is -2.14. The molecule has 0 N–H and O–H groups in total. The van der Waals surface area contributed by atoms with E-state index in [0.717, 1.165) is 16.6 Å². The summed E-state index contributed by atoms with van der Waals surface area (Å²) in [7, 11) is 0. The maximum Gasteiger partial charge on any atom is 0.152 e. The van der Waals surface area contributed by atoms with Crippen LogP contribution in [0.3, 0.4) is 0 Å². The summed E-state index contributed by atoms with van der Waals surface area (Å²) in [4.78, 5) is 16.4. The van der Waals surface area contributed by atoms with Gasteiger partial charge in [0.05, 0.1) is 17.1 Å². The summed E-state index contributed by atoms with van der Waals surface area (Å²) in [5, 5.41) is 0. The molecule has 0 saturated carbocycles. The molecule has 21 heavy (non-hydrogen) atoms. The molecule has 3 nitrogen and oxygen atoms in total. The molecule has 2 aromatic carbocycles. The summed E-state index contributed by atoms with van der Waals surface area (Å²) >= 11 is 0. The topological polar surface area (TPSA) is 34.9 Å². The van der Waals surface area contributed by atoms with E-state index in [1.54, 1.807) is 19.1 Å². The molecular weight excluding hydrogens is 267 g/mol. The first-order valence-corrected chi connectivity index (χ1v) is 6.81.